The first-order valence-electron chi connectivity index (χ1n) is 4.01. The Bertz CT molecular complexity index is 276. The maximum Gasteiger partial charge on any atom is 0.210 e. The molecule has 0 atom stereocenters. The Kier molecular flexibility index (Phi) is 3.08. The van der Waals surface area contributed by atoms with Crippen LogP contribution in [-0.4, -0.2) is 24.6 Å². The molecule has 0 spiro atoms. The largest absolute Gasteiger partial charge is 0.285 e. The molecule has 0 aliphatic heterocycles. The lowest BCUT2D eigenvalue weighted by atomic mass is 10.3. The maximum atomic E-state index is 11.4. The second kappa shape index (κ2) is 3.91. The predicted octanol–water partition coefficient (Wildman–Crippen LogP) is 1.34. The van der Waals surface area contributed by atoms with Crippen molar-refractivity contribution in [2.75, 3.05) is 0 Å². The highest BCUT2D eigenvalue weighted by Gasteiger charge is 2.16. The van der Waals surface area contributed by atoms with Crippen LogP contribution < -0.4 is 0 Å². The molecular weight excluding hydrogens is 186 g/mol. The molecule has 0 unspecified atom stereocenters. The van der Waals surface area contributed by atoms with E-state index in [1.165, 1.54) is 22.8 Å². The molecule has 0 aromatic carbocycles. The van der Waals surface area contributed by atoms with Gasteiger partial charge in [0, 0.05) is 4.75 Å². The summed E-state index contributed by atoms with van der Waals surface area (Å²) in [5, 5.41) is 3.97. The van der Waals surface area contributed by atoms with Gasteiger partial charge in [-0.25, -0.2) is 9.67 Å². The zero-order valence-electron chi connectivity index (χ0n) is 8.02. The van der Waals surface area contributed by atoms with Crippen molar-refractivity contribution >= 4 is 16.9 Å². The zero-order chi connectivity index (χ0) is 9.90. The topological polar surface area (TPSA) is 47.8 Å². The molecule has 1 aromatic heterocycles. The number of aromatic nitrogens is 3. The Balaban J connectivity index is 2.43. The average molecular weight is 199 g/mol. The van der Waals surface area contributed by atoms with Crippen molar-refractivity contribution in [3.63, 3.8) is 0 Å². The summed E-state index contributed by atoms with van der Waals surface area (Å²) in [5.41, 5.74) is 0. The van der Waals surface area contributed by atoms with Gasteiger partial charge in [-0.1, -0.05) is 32.5 Å². The molecule has 1 rings (SSSR count). The number of carbonyl (C=O) groups is 1. The fourth-order valence-electron chi connectivity index (χ4n) is 0.820. The van der Waals surface area contributed by atoms with Gasteiger partial charge in [0.05, 0.1) is 0 Å². The molecule has 0 N–H and O–H groups in total. The van der Waals surface area contributed by atoms with Crippen molar-refractivity contribution < 1.29 is 4.79 Å². The van der Waals surface area contributed by atoms with Crippen LogP contribution in [-0.2, 0) is 11.3 Å². The third-order valence-electron chi connectivity index (χ3n) is 1.18. The maximum absolute atomic E-state index is 11.4. The summed E-state index contributed by atoms with van der Waals surface area (Å²) >= 11 is 1.33. The van der Waals surface area contributed by atoms with E-state index in [0.29, 0.717) is 6.54 Å². The quantitative estimate of drug-likeness (QED) is 0.721. The number of hydrogen-bond acceptors (Lipinski definition) is 4. The monoisotopic (exact) mass is 199 g/mol. The number of carbonyl (C=O) groups excluding carboxylic acids is 1. The van der Waals surface area contributed by atoms with Crippen molar-refractivity contribution in [1.82, 2.24) is 14.8 Å². The van der Waals surface area contributed by atoms with Crippen LogP contribution in [0, 0.1) is 0 Å². The van der Waals surface area contributed by atoms with E-state index in [-0.39, 0.29) is 9.86 Å². The van der Waals surface area contributed by atoms with Crippen molar-refractivity contribution in [3.8, 4) is 0 Å². The summed E-state index contributed by atoms with van der Waals surface area (Å²) in [4.78, 5) is 15.2. The van der Waals surface area contributed by atoms with Crippen LogP contribution >= 0.6 is 11.8 Å². The van der Waals surface area contributed by atoms with E-state index in [0.717, 1.165) is 0 Å². The highest BCUT2D eigenvalue weighted by molar-refractivity contribution is 8.14. The van der Waals surface area contributed by atoms with E-state index >= 15 is 0 Å². The molecule has 0 saturated heterocycles. The van der Waals surface area contributed by atoms with Crippen molar-refractivity contribution in [2.45, 2.75) is 32.1 Å². The first-order chi connectivity index (χ1) is 5.97. The van der Waals surface area contributed by atoms with Gasteiger partial charge in [0.2, 0.25) is 5.12 Å². The van der Waals surface area contributed by atoms with Gasteiger partial charge in [0.15, 0.2) is 0 Å². The summed E-state index contributed by atoms with van der Waals surface area (Å²) < 4.78 is 1.50. The van der Waals surface area contributed by atoms with E-state index < -0.39 is 0 Å². The minimum Gasteiger partial charge on any atom is -0.285 e. The Morgan fingerprint density at radius 2 is 2.23 bits per heavy atom. The first kappa shape index (κ1) is 10.2. The third-order valence-corrected chi connectivity index (χ3v) is 2.15. The highest BCUT2D eigenvalue weighted by atomic mass is 32.2. The second-order valence-corrected chi connectivity index (χ2v) is 5.56. The Morgan fingerprint density at radius 1 is 1.54 bits per heavy atom. The van der Waals surface area contributed by atoms with Gasteiger partial charge in [-0.3, -0.25) is 4.79 Å². The Hall–Kier alpha value is -0.840. The van der Waals surface area contributed by atoms with Crippen LogP contribution in [0.3, 0.4) is 0 Å². The molecule has 1 aromatic rings. The normalized spacial score (nSPS) is 11.6. The fourth-order valence-corrected chi connectivity index (χ4v) is 1.70. The van der Waals surface area contributed by atoms with Gasteiger partial charge in [-0.15, -0.1) is 0 Å². The van der Waals surface area contributed by atoms with Gasteiger partial charge in [-0.2, -0.15) is 5.10 Å². The van der Waals surface area contributed by atoms with Gasteiger partial charge in [0.25, 0.3) is 0 Å². The Labute approximate surface area is 81.7 Å². The SMILES string of the molecule is CC(C)(C)SC(=O)Cn1cncn1. The van der Waals surface area contributed by atoms with Crippen LogP contribution in [0.2, 0.25) is 0 Å². The molecule has 0 aliphatic rings. The molecule has 0 saturated carbocycles. The molecule has 72 valence electrons. The summed E-state index contributed by atoms with van der Waals surface area (Å²) in [6, 6.07) is 0. The lowest BCUT2D eigenvalue weighted by Gasteiger charge is -2.15. The molecule has 13 heavy (non-hydrogen) atoms. The minimum absolute atomic E-state index is 0.0301. The summed E-state index contributed by atoms with van der Waals surface area (Å²) in [6.07, 6.45) is 2.97. The zero-order valence-corrected chi connectivity index (χ0v) is 8.84. The van der Waals surface area contributed by atoms with Gasteiger partial charge in [0.1, 0.15) is 19.2 Å². The standard InChI is InChI=1S/C8H13N3OS/c1-8(2,3)13-7(12)4-11-6-9-5-10-11/h5-6H,4H2,1-3H3. The van der Waals surface area contributed by atoms with E-state index in [4.69, 9.17) is 0 Å². The van der Waals surface area contributed by atoms with E-state index in [9.17, 15) is 4.79 Å². The molecule has 0 amide bonds. The van der Waals surface area contributed by atoms with Gasteiger partial charge >= 0.3 is 0 Å². The number of thioether (sulfide) groups is 1. The first-order valence-corrected chi connectivity index (χ1v) is 4.83. The fraction of sp³-hybridized carbons (Fsp3) is 0.625. The van der Waals surface area contributed by atoms with Crippen LogP contribution in [0.15, 0.2) is 12.7 Å². The summed E-state index contributed by atoms with van der Waals surface area (Å²) in [7, 11) is 0. The van der Waals surface area contributed by atoms with Crippen LogP contribution in [0.5, 0.6) is 0 Å². The minimum atomic E-state index is -0.0301. The van der Waals surface area contributed by atoms with Crippen molar-refractivity contribution in [1.29, 1.82) is 0 Å². The van der Waals surface area contributed by atoms with Crippen molar-refractivity contribution in [3.05, 3.63) is 12.7 Å². The lowest BCUT2D eigenvalue weighted by Crippen LogP contribution is -2.16. The lowest BCUT2D eigenvalue weighted by molar-refractivity contribution is -0.111. The van der Waals surface area contributed by atoms with Gasteiger partial charge in [-0.05, 0) is 0 Å². The predicted molar refractivity (Wildman–Crippen MR) is 52.4 cm³/mol. The summed E-state index contributed by atoms with van der Waals surface area (Å²) in [5.74, 6) is 0. The number of nitrogens with zero attached hydrogens (tertiary/aromatic N) is 3. The van der Waals surface area contributed by atoms with E-state index in [1.807, 2.05) is 20.8 Å². The molecule has 1 heterocycles. The molecule has 0 fully saturated rings. The van der Waals surface area contributed by atoms with E-state index in [2.05, 4.69) is 10.1 Å². The van der Waals surface area contributed by atoms with E-state index in [1.54, 1.807) is 6.33 Å². The molecule has 0 radical (unpaired) electrons. The molecule has 4 nitrogen and oxygen atoms in total. The highest BCUT2D eigenvalue weighted by Crippen LogP contribution is 2.24. The van der Waals surface area contributed by atoms with Crippen LogP contribution in [0.4, 0.5) is 0 Å². The number of rotatable bonds is 2. The number of hydrogen-bond donors (Lipinski definition) is 0. The average Bonchev–Trinajstić information content (AvgIpc) is 2.34. The smallest absolute Gasteiger partial charge is 0.210 e. The molecule has 0 bridgehead atoms. The summed E-state index contributed by atoms with van der Waals surface area (Å²) in [6.45, 7) is 6.33. The van der Waals surface area contributed by atoms with Gasteiger partial charge < -0.3 is 0 Å². The second-order valence-electron chi connectivity index (χ2n) is 3.68. The Morgan fingerprint density at radius 3 is 2.69 bits per heavy atom. The molecule has 0 aliphatic carbocycles. The van der Waals surface area contributed by atoms with Crippen molar-refractivity contribution in [2.24, 2.45) is 0 Å². The molecule has 5 heteroatoms. The third kappa shape index (κ3) is 4.07. The van der Waals surface area contributed by atoms with Crippen LogP contribution in [0.25, 0.3) is 0 Å². The molecular formula is C8H13N3OS. The van der Waals surface area contributed by atoms with Crippen LogP contribution in [0.1, 0.15) is 20.8 Å².